The molecule has 20 heavy (non-hydrogen) atoms. The van der Waals surface area contributed by atoms with Crippen LogP contribution in [0.25, 0.3) is 0 Å². The molecule has 1 rings (SSSR count). The standard InChI is InChI=1S/C14H20ClFN2O2/c1-14(2,3)20-13(19)18-8-9(7-17)11-6-10(15)4-5-12(11)16/h4-6,9H,7-8,17H2,1-3H3,(H,18,19). The molecule has 4 nitrogen and oxygen atoms in total. The van der Waals surface area contributed by atoms with Gasteiger partial charge in [0.25, 0.3) is 0 Å². The summed E-state index contributed by atoms with van der Waals surface area (Å²) < 4.78 is 18.9. The molecule has 112 valence electrons. The van der Waals surface area contributed by atoms with Crippen molar-refractivity contribution in [2.24, 2.45) is 5.73 Å². The van der Waals surface area contributed by atoms with E-state index in [2.05, 4.69) is 5.32 Å². The van der Waals surface area contributed by atoms with E-state index in [0.29, 0.717) is 10.6 Å². The van der Waals surface area contributed by atoms with Gasteiger partial charge >= 0.3 is 6.09 Å². The highest BCUT2D eigenvalue weighted by Crippen LogP contribution is 2.22. The van der Waals surface area contributed by atoms with E-state index in [-0.39, 0.29) is 19.0 Å². The third kappa shape index (κ3) is 5.35. The number of amides is 1. The molecule has 0 aromatic heterocycles. The van der Waals surface area contributed by atoms with Crippen LogP contribution in [-0.4, -0.2) is 24.8 Å². The fourth-order valence-corrected chi connectivity index (χ4v) is 1.85. The van der Waals surface area contributed by atoms with Gasteiger partial charge in [-0.2, -0.15) is 0 Å². The number of alkyl carbamates (subject to hydrolysis) is 1. The lowest BCUT2D eigenvalue weighted by atomic mass is 9.98. The van der Waals surface area contributed by atoms with Crippen LogP contribution in [0.5, 0.6) is 0 Å². The van der Waals surface area contributed by atoms with E-state index < -0.39 is 17.5 Å². The highest BCUT2D eigenvalue weighted by molar-refractivity contribution is 6.30. The SMILES string of the molecule is CC(C)(C)OC(=O)NCC(CN)c1cc(Cl)ccc1F. The number of nitrogens with one attached hydrogen (secondary N) is 1. The van der Waals surface area contributed by atoms with Crippen molar-refractivity contribution < 1.29 is 13.9 Å². The minimum atomic E-state index is -0.580. The molecule has 0 aliphatic carbocycles. The number of halogens is 2. The Morgan fingerprint density at radius 1 is 1.50 bits per heavy atom. The third-order valence-corrected chi connectivity index (χ3v) is 2.81. The van der Waals surface area contributed by atoms with Gasteiger partial charge in [-0.05, 0) is 44.5 Å². The van der Waals surface area contributed by atoms with E-state index in [9.17, 15) is 9.18 Å². The van der Waals surface area contributed by atoms with Gasteiger partial charge in [-0.15, -0.1) is 0 Å². The number of nitrogens with two attached hydrogens (primary N) is 1. The molecule has 0 fully saturated rings. The van der Waals surface area contributed by atoms with Crippen LogP contribution in [0.4, 0.5) is 9.18 Å². The number of carbonyl (C=O) groups excluding carboxylic acids is 1. The van der Waals surface area contributed by atoms with E-state index in [4.69, 9.17) is 22.1 Å². The number of hydrogen-bond acceptors (Lipinski definition) is 3. The van der Waals surface area contributed by atoms with Crippen LogP contribution in [0.1, 0.15) is 32.3 Å². The molecular formula is C14H20ClFN2O2. The Bertz CT molecular complexity index is 475. The van der Waals surface area contributed by atoms with Crippen molar-refractivity contribution >= 4 is 17.7 Å². The minimum absolute atomic E-state index is 0.183. The van der Waals surface area contributed by atoms with E-state index in [1.165, 1.54) is 18.2 Å². The molecule has 3 N–H and O–H groups in total. The summed E-state index contributed by atoms with van der Waals surface area (Å²) in [4.78, 5) is 11.6. The molecule has 0 aliphatic heterocycles. The fraction of sp³-hybridized carbons (Fsp3) is 0.500. The van der Waals surface area contributed by atoms with E-state index >= 15 is 0 Å². The summed E-state index contributed by atoms with van der Waals surface area (Å²) >= 11 is 5.85. The Hall–Kier alpha value is -1.33. The predicted molar refractivity (Wildman–Crippen MR) is 77.4 cm³/mol. The first-order valence-corrected chi connectivity index (χ1v) is 6.72. The molecule has 1 aromatic rings. The second-order valence-electron chi connectivity index (χ2n) is 5.48. The van der Waals surface area contributed by atoms with Crippen LogP contribution in [0.15, 0.2) is 18.2 Å². The molecule has 0 spiro atoms. The lowest BCUT2D eigenvalue weighted by Gasteiger charge is -2.22. The second kappa shape index (κ2) is 6.90. The number of rotatable bonds is 4. The van der Waals surface area contributed by atoms with Crippen LogP contribution in [0.3, 0.4) is 0 Å². The monoisotopic (exact) mass is 302 g/mol. The molecule has 0 bridgehead atoms. The first-order chi connectivity index (χ1) is 9.23. The summed E-state index contributed by atoms with van der Waals surface area (Å²) in [7, 11) is 0. The van der Waals surface area contributed by atoms with Crippen LogP contribution >= 0.6 is 11.6 Å². The average molecular weight is 303 g/mol. The van der Waals surface area contributed by atoms with E-state index in [1.54, 1.807) is 20.8 Å². The highest BCUT2D eigenvalue weighted by Gasteiger charge is 2.19. The molecule has 0 heterocycles. The highest BCUT2D eigenvalue weighted by atomic mass is 35.5. The lowest BCUT2D eigenvalue weighted by Crippen LogP contribution is -2.36. The smallest absolute Gasteiger partial charge is 0.407 e. The molecule has 0 saturated carbocycles. The minimum Gasteiger partial charge on any atom is -0.444 e. The van der Waals surface area contributed by atoms with Crippen molar-refractivity contribution in [3.05, 3.63) is 34.6 Å². The number of ether oxygens (including phenoxy) is 1. The molecule has 1 unspecified atom stereocenters. The molecule has 1 aromatic carbocycles. The van der Waals surface area contributed by atoms with E-state index in [0.717, 1.165) is 0 Å². The number of carbonyl (C=O) groups is 1. The largest absolute Gasteiger partial charge is 0.444 e. The molecule has 1 amide bonds. The molecule has 0 aliphatic rings. The Labute approximate surface area is 123 Å². The summed E-state index contributed by atoms with van der Waals surface area (Å²) in [5.74, 6) is -0.753. The Morgan fingerprint density at radius 3 is 2.70 bits per heavy atom. The zero-order valence-electron chi connectivity index (χ0n) is 11.9. The Morgan fingerprint density at radius 2 is 2.15 bits per heavy atom. The Balaban J connectivity index is 2.68. The topological polar surface area (TPSA) is 64.3 Å². The predicted octanol–water partition coefficient (Wildman–Crippen LogP) is 3.05. The van der Waals surface area contributed by atoms with Crippen molar-refractivity contribution in [2.75, 3.05) is 13.1 Å². The molecule has 0 radical (unpaired) electrons. The van der Waals surface area contributed by atoms with Gasteiger partial charge in [0.15, 0.2) is 0 Å². The van der Waals surface area contributed by atoms with Gasteiger partial charge in [0.2, 0.25) is 0 Å². The first-order valence-electron chi connectivity index (χ1n) is 6.35. The molecular weight excluding hydrogens is 283 g/mol. The van der Waals surface area contributed by atoms with Crippen molar-refractivity contribution in [1.82, 2.24) is 5.32 Å². The quantitative estimate of drug-likeness (QED) is 0.898. The third-order valence-electron chi connectivity index (χ3n) is 2.57. The van der Waals surface area contributed by atoms with Crippen LogP contribution < -0.4 is 11.1 Å². The van der Waals surface area contributed by atoms with Gasteiger partial charge in [0, 0.05) is 24.0 Å². The summed E-state index contributed by atoms with van der Waals surface area (Å²) in [6.45, 7) is 5.67. The zero-order chi connectivity index (χ0) is 15.3. The van der Waals surface area contributed by atoms with Crippen molar-refractivity contribution in [2.45, 2.75) is 32.3 Å². The van der Waals surface area contributed by atoms with Crippen LogP contribution in [0, 0.1) is 5.82 Å². The normalized spacial score (nSPS) is 12.9. The van der Waals surface area contributed by atoms with Gasteiger partial charge in [-0.25, -0.2) is 9.18 Å². The Kier molecular flexibility index (Phi) is 5.77. The number of hydrogen-bond donors (Lipinski definition) is 2. The second-order valence-corrected chi connectivity index (χ2v) is 5.92. The van der Waals surface area contributed by atoms with Crippen LogP contribution in [0.2, 0.25) is 5.02 Å². The lowest BCUT2D eigenvalue weighted by molar-refractivity contribution is 0.0524. The van der Waals surface area contributed by atoms with Gasteiger partial charge in [-0.3, -0.25) is 0 Å². The van der Waals surface area contributed by atoms with Gasteiger partial charge < -0.3 is 15.8 Å². The van der Waals surface area contributed by atoms with Crippen molar-refractivity contribution in [1.29, 1.82) is 0 Å². The maximum absolute atomic E-state index is 13.7. The fourth-order valence-electron chi connectivity index (χ4n) is 1.67. The summed E-state index contributed by atoms with van der Waals surface area (Å²) in [6.07, 6.45) is -0.557. The van der Waals surface area contributed by atoms with Crippen LogP contribution in [-0.2, 0) is 4.74 Å². The maximum Gasteiger partial charge on any atom is 0.407 e. The first kappa shape index (κ1) is 16.7. The molecule has 6 heteroatoms. The summed E-state index contributed by atoms with van der Waals surface area (Å²) in [6, 6.07) is 4.27. The maximum atomic E-state index is 13.7. The van der Waals surface area contributed by atoms with Gasteiger partial charge in [-0.1, -0.05) is 11.6 Å². The summed E-state index contributed by atoms with van der Waals surface area (Å²) in [5, 5.41) is 3.01. The van der Waals surface area contributed by atoms with Crippen molar-refractivity contribution in [3.8, 4) is 0 Å². The summed E-state index contributed by atoms with van der Waals surface area (Å²) in [5.41, 5.74) is 5.44. The average Bonchev–Trinajstić information content (AvgIpc) is 2.32. The van der Waals surface area contributed by atoms with E-state index in [1.807, 2.05) is 0 Å². The zero-order valence-corrected chi connectivity index (χ0v) is 12.6. The van der Waals surface area contributed by atoms with Crippen molar-refractivity contribution in [3.63, 3.8) is 0 Å². The number of benzene rings is 1. The molecule has 1 atom stereocenters. The van der Waals surface area contributed by atoms with Gasteiger partial charge in [0.05, 0.1) is 0 Å². The van der Waals surface area contributed by atoms with Gasteiger partial charge in [0.1, 0.15) is 11.4 Å². The molecule has 0 saturated heterocycles.